The Bertz CT molecular complexity index is 539. The van der Waals surface area contributed by atoms with Gasteiger partial charge in [0.1, 0.15) is 11.2 Å². The summed E-state index contributed by atoms with van der Waals surface area (Å²) in [7, 11) is 0. The van der Waals surface area contributed by atoms with Gasteiger partial charge in [-0.1, -0.05) is 34.4 Å². The molecule has 0 aromatic rings. The molecule has 2 unspecified atom stereocenters. The van der Waals surface area contributed by atoms with E-state index in [4.69, 9.17) is 30.4 Å². The molecule has 0 bridgehead atoms. The number of ether oxygens (including phenoxy) is 4. The van der Waals surface area contributed by atoms with Gasteiger partial charge >= 0.3 is 11.9 Å². The molecule has 0 aliphatic heterocycles. The van der Waals surface area contributed by atoms with Crippen LogP contribution < -0.4 is 11.5 Å². The van der Waals surface area contributed by atoms with Crippen molar-refractivity contribution in [1.82, 2.24) is 0 Å². The fraction of sp³-hybridized carbons (Fsp3) is 0.778. The SMILES string of the molecule is C.C=CC(=O)OC(C)(C)C.C=COCCCN.CCC(CC(C)C(=O)OC(C)(C)C)OCCCN. The third-order valence-corrected chi connectivity index (χ3v) is 3.74. The second kappa shape index (κ2) is 23.8. The number of esters is 2. The lowest BCUT2D eigenvalue weighted by Gasteiger charge is -2.24. The van der Waals surface area contributed by atoms with Crippen LogP contribution in [-0.4, -0.2) is 55.5 Å². The molecule has 0 spiro atoms. The summed E-state index contributed by atoms with van der Waals surface area (Å²) >= 11 is 0. The first-order valence-electron chi connectivity index (χ1n) is 12.0. The van der Waals surface area contributed by atoms with E-state index in [-0.39, 0.29) is 31.4 Å². The summed E-state index contributed by atoms with van der Waals surface area (Å²) in [6, 6.07) is 0. The molecule has 8 nitrogen and oxygen atoms in total. The van der Waals surface area contributed by atoms with E-state index in [1.54, 1.807) is 0 Å². The first-order chi connectivity index (χ1) is 15.7. The first-order valence-corrected chi connectivity index (χ1v) is 12.0. The number of hydrogen-bond acceptors (Lipinski definition) is 8. The predicted molar refractivity (Wildman–Crippen MR) is 146 cm³/mol. The van der Waals surface area contributed by atoms with Crippen molar-refractivity contribution in [2.45, 2.75) is 106 Å². The standard InChI is InChI=1S/C14H29NO3.C7H12O2.C5H11NO.CH4/c1-6-12(17-9-7-8-15)10-11(2)13(16)18-14(3,4)5;1-5-6(8)9-7(2,3)4;1-2-7-5-3-4-6;/h11-12H,6-10,15H2,1-5H3;5H,1H2,2-4H3;2H,1,3-6H2;1H4. The number of carbonyl (C=O) groups is 2. The van der Waals surface area contributed by atoms with Crippen LogP contribution >= 0.6 is 0 Å². The average Bonchev–Trinajstić information content (AvgIpc) is 2.72. The molecule has 0 aromatic carbocycles. The Balaban J connectivity index is -0.000000236. The van der Waals surface area contributed by atoms with Gasteiger partial charge in [-0.15, -0.1) is 0 Å². The second-order valence-electron chi connectivity index (χ2n) is 9.63. The molecule has 0 heterocycles. The highest BCUT2D eigenvalue weighted by atomic mass is 16.6. The number of rotatable bonds is 13. The molecule has 2 atom stereocenters. The third-order valence-electron chi connectivity index (χ3n) is 3.74. The van der Waals surface area contributed by atoms with Gasteiger partial charge in [-0.25, -0.2) is 4.79 Å². The highest BCUT2D eigenvalue weighted by Gasteiger charge is 2.24. The van der Waals surface area contributed by atoms with Crippen LogP contribution in [0, 0.1) is 5.92 Å². The fourth-order valence-corrected chi connectivity index (χ4v) is 2.17. The number of nitrogens with two attached hydrogens (primary N) is 2. The smallest absolute Gasteiger partial charge is 0.330 e. The molecule has 0 aliphatic rings. The summed E-state index contributed by atoms with van der Waals surface area (Å²) in [5, 5.41) is 0. The minimum Gasteiger partial charge on any atom is -0.502 e. The first kappa shape index (κ1) is 40.3. The zero-order valence-corrected chi connectivity index (χ0v) is 23.0. The van der Waals surface area contributed by atoms with E-state index in [0.717, 1.165) is 25.3 Å². The van der Waals surface area contributed by atoms with Crippen LogP contribution in [0.5, 0.6) is 0 Å². The second-order valence-corrected chi connectivity index (χ2v) is 9.63. The number of hydrogen-bond donors (Lipinski definition) is 2. The summed E-state index contributed by atoms with van der Waals surface area (Å²) in [5.74, 6) is -0.655. The van der Waals surface area contributed by atoms with Crippen LogP contribution in [0.4, 0.5) is 0 Å². The van der Waals surface area contributed by atoms with Gasteiger partial charge < -0.3 is 30.4 Å². The minimum atomic E-state index is -0.423. The lowest BCUT2D eigenvalue weighted by Crippen LogP contribution is -2.30. The maximum Gasteiger partial charge on any atom is 0.330 e. The van der Waals surface area contributed by atoms with Crippen molar-refractivity contribution in [2.24, 2.45) is 17.4 Å². The Morgan fingerprint density at radius 1 is 0.914 bits per heavy atom. The normalized spacial score (nSPS) is 12.2. The quantitative estimate of drug-likeness (QED) is 0.153. The molecule has 0 amide bonds. The molecule has 8 heteroatoms. The van der Waals surface area contributed by atoms with Crippen molar-refractivity contribution in [3.05, 3.63) is 25.5 Å². The maximum atomic E-state index is 11.8. The highest BCUT2D eigenvalue weighted by Crippen LogP contribution is 2.17. The van der Waals surface area contributed by atoms with Gasteiger partial charge in [0.25, 0.3) is 0 Å². The minimum absolute atomic E-state index is 0. The van der Waals surface area contributed by atoms with E-state index in [1.165, 1.54) is 6.26 Å². The van der Waals surface area contributed by atoms with Gasteiger partial charge in [-0.05, 0) is 80.3 Å². The zero-order valence-electron chi connectivity index (χ0n) is 23.0. The third kappa shape index (κ3) is 34.3. The van der Waals surface area contributed by atoms with Crippen molar-refractivity contribution >= 4 is 11.9 Å². The Kier molecular flexibility index (Phi) is 27.4. The van der Waals surface area contributed by atoms with E-state index in [9.17, 15) is 9.59 Å². The van der Waals surface area contributed by atoms with Crippen molar-refractivity contribution in [1.29, 1.82) is 0 Å². The molecule has 0 aliphatic carbocycles. The summed E-state index contributed by atoms with van der Waals surface area (Å²) < 4.78 is 20.6. The highest BCUT2D eigenvalue weighted by molar-refractivity contribution is 5.81. The summed E-state index contributed by atoms with van der Waals surface area (Å²) in [4.78, 5) is 22.3. The Morgan fingerprint density at radius 3 is 1.74 bits per heavy atom. The van der Waals surface area contributed by atoms with Crippen molar-refractivity contribution in [2.75, 3.05) is 26.3 Å². The molecule has 0 saturated heterocycles. The van der Waals surface area contributed by atoms with Crippen molar-refractivity contribution in [3.63, 3.8) is 0 Å². The van der Waals surface area contributed by atoms with E-state index < -0.39 is 11.2 Å². The van der Waals surface area contributed by atoms with Gasteiger partial charge in [0, 0.05) is 12.7 Å². The van der Waals surface area contributed by atoms with Gasteiger partial charge in [-0.3, -0.25) is 4.79 Å². The maximum absolute atomic E-state index is 11.8. The fourth-order valence-electron chi connectivity index (χ4n) is 2.17. The molecule has 0 fully saturated rings. The average molecular weight is 505 g/mol. The molecule has 0 saturated carbocycles. The number of carbonyl (C=O) groups excluding carboxylic acids is 2. The van der Waals surface area contributed by atoms with Crippen molar-refractivity contribution < 1.29 is 28.5 Å². The molecule has 210 valence electrons. The lowest BCUT2D eigenvalue weighted by atomic mass is 10.0. The largest absolute Gasteiger partial charge is 0.502 e. The van der Waals surface area contributed by atoms with Crippen molar-refractivity contribution in [3.8, 4) is 0 Å². The predicted octanol–water partition coefficient (Wildman–Crippen LogP) is 5.14. The Morgan fingerprint density at radius 2 is 1.40 bits per heavy atom. The van der Waals surface area contributed by atoms with E-state index >= 15 is 0 Å². The molecule has 0 aromatic heterocycles. The van der Waals surface area contributed by atoms with Crippen LogP contribution in [0.2, 0.25) is 0 Å². The van der Waals surface area contributed by atoms with Crippen LogP contribution in [-0.2, 0) is 28.5 Å². The topological polar surface area (TPSA) is 123 Å². The van der Waals surface area contributed by atoms with Crippen LogP contribution in [0.3, 0.4) is 0 Å². The van der Waals surface area contributed by atoms with Gasteiger partial charge in [-0.2, -0.15) is 0 Å². The van der Waals surface area contributed by atoms with Gasteiger partial charge in [0.15, 0.2) is 0 Å². The van der Waals surface area contributed by atoms with E-state index in [2.05, 4.69) is 20.1 Å². The van der Waals surface area contributed by atoms with Gasteiger partial charge in [0.05, 0.1) is 24.9 Å². The summed E-state index contributed by atoms with van der Waals surface area (Å²) in [6.07, 6.45) is 6.07. The van der Waals surface area contributed by atoms with E-state index in [1.807, 2.05) is 48.5 Å². The van der Waals surface area contributed by atoms with Crippen LogP contribution in [0.1, 0.15) is 88.5 Å². The van der Waals surface area contributed by atoms with E-state index in [0.29, 0.717) is 32.7 Å². The lowest BCUT2D eigenvalue weighted by molar-refractivity contribution is -0.160. The zero-order chi connectivity index (χ0) is 27.2. The van der Waals surface area contributed by atoms with Crippen LogP contribution in [0.25, 0.3) is 0 Å². The van der Waals surface area contributed by atoms with Crippen LogP contribution in [0.15, 0.2) is 25.5 Å². The molecular formula is C27H56N2O6. The monoisotopic (exact) mass is 504 g/mol. The summed E-state index contributed by atoms with van der Waals surface area (Å²) in [5.41, 5.74) is 9.76. The van der Waals surface area contributed by atoms with Gasteiger partial charge in [0.2, 0.25) is 0 Å². The molecular weight excluding hydrogens is 448 g/mol. The molecule has 0 radical (unpaired) electrons. The molecule has 35 heavy (non-hydrogen) atoms. The Labute approximate surface area is 215 Å². The molecule has 4 N–H and O–H groups in total. The summed E-state index contributed by atoms with van der Waals surface area (Å²) in [6.45, 7) is 24.4. The Hall–Kier alpha value is -1.90. The molecule has 0 rings (SSSR count).